The number of aldehydes is 1. The van der Waals surface area contributed by atoms with E-state index in [9.17, 15) is 67.4 Å². The first kappa shape index (κ1) is 118. The zero-order chi connectivity index (χ0) is 105. The third-order valence-corrected chi connectivity index (χ3v) is 36.0. The number of halogens is 9. The first-order valence-corrected chi connectivity index (χ1v) is 59.1. The average Bonchev–Trinajstić information content (AvgIpc) is 1.63. The minimum atomic E-state index is -4.89. The van der Waals surface area contributed by atoms with Gasteiger partial charge < -0.3 is 107 Å². The van der Waals surface area contributed by atoms with E-state index in [1.54, 1.807) is 57.9 Å². The van der Waals surface area contributed by atoms with E-state index in [-0.39, 0.29) is 116 Å². The van der Waals surface area contributed by atoms with Gasteiger partial charge in [-0.05, 0) is 119 Å². The number of carbonyl (C=O) groups excluding carboxylic acids is 1. The molecule has 0 spiro atoms. The van der Waals surface area contributed by atoms with Gasteiger partial charge in [0.25, 0.3) is 11.7 Å². The summed E-state index contributed by atoms with van der Waals surface area (Å²) in [4.78, 5) is 92.6. The van der Waals surface area contributed by atoms with E-state index in [1.165, 1.54) is 53.8 Å². The van der Waals surface area contributed by atoms with E-state index in [2.05, 4.69) is 87.1 Å². The van der Waals surface area contributed by atoms with Gasteiger partial charge in [0, 0.05) is 36.5 Å². The number of fused-ring (bicyclic) bond motifs is 4. The van der Waals surface area contributed by atoms with Gasteiger partial charge in [0.1, 0.15) is 48.6 Å². The van der Waals surface area contributed by atoms with E-state index in [1.807, 2.05) is 137 Å². The maximum absolute atomic E-state index is 15.4. The molecule has 3 saturated carbocycles. The number of hydrogen-bond acceptors (Lipinski definition) is 32. The van der Waals surface area contributed by atoms with Crippen molar-refractivity contribution < 1.29 is 126 Å². The van der Waals surface area contributed by atoms with Crippen LogP contribution in [0.2, 0.25) is 0 Å². The molecule has 13 N–H and O–H groups in total. The Morgan fingerprint density at radius 3 is 1.09 bits per heavy atom. The number of benzene rings is 5. The van der Waals surface area contributed by atoms with Crippen molar-refractivity contribution in [2.75, 3.05) is 46.3 Å². The zero-order valence-electron chi connectivity index (χ0n) is 81.1. The van der Waals surface area contributed by atoms with Crippen molar-refractivity contribution in [2.45, 2.75) is 247 Å². The number of nitrogens with zero attached hydrogens (tertiary/aromatic N) is 16. The van der Waals surface area contributed by atoms with Crippen LogP contribution in [0.1, 0.15) is 211 Å². The molecule has 8 aromatic heterocycles. The first-order valence-electron chi connectivity index (χ1n) is 48.1. The van der Waals surface area contributed by atoms with E-state index in [0.29, 0.717) is 86.9 Å². The third kappa shape index (κ3) is 29.9. The second-order valence-electron chi connectivity index (χ2n) is 36.6. The molecule has 53 heteroatoms. The van der Waals surface area contributed by atoms with E-state index >= 15 is 8.78 Å². The summed E-state index contributed by atoms with van der Waals surface area (Å²) in [5, 5.41) is 76.4. The van der Waals surface area contributed by atoms with Crippen molar-refractivity contribution in [2.24, 2.45) is 11.8 Å². The quantitative estimate of drug-likeness (QED) is 0.00654. The smallest absolute Gasteiger partial charge is 1.00 e. The Hall–Kier alpha value is -8.34. The molecule has 3 aliphatic carbocycles. The summed E-state index contributed by atoms with van der Waals surface area (Å²) < 4.78 is 138. The van der Waals surface area contributed by atoms with Crippen molar-refractivity contribution >= 4 is 169 Å². The second kappa shape index (κ2) is 53.2. The molecule has 4 saturated heterocycles. The Morgan fingerprint density at radius 2 is 0.779 bits per heavy atom. The predicted molar refractivity (Wildman–Crippen MR) is 550 cm³/mol. The number of hydrogen-bond donors (Lipinski definition) is 13. The Kier molecular flexibility index (Phi) is 42.0. The summed E-state index contributed by atoms with van der Waals surface area (Å²) in [5.74, 6) is -6.83. The van der Waals surface area contributed by atoms with Gasteiger partial charge in [-0.3, -0.25) is 41.3 Å². The number of rotatable bonds is 30. The van der Waals surface area contributed by atoms with Crippen molar-refractivity contribution in [1.82, 2.24) is 78.1 Å². The Bertz CT molecular complexity index is 6520. The summed E-state index contributed by atoms with van der Waals surface area (Å²) in [7, 11) is -9.66. The molecule has 12 heterocycles. The summed E-state index contributed by atoms with van der Waals surface area (Å²) in [6.45, 7) is 6.74. The fraction of sp³-hybridized carbons (Fsp3) is 0.469. The second-order valence-corrected chi connectivity index (χ2v) is 51.6. The van der Waals surface area contributed by atoms with Crippen LogP contribution in [0.4, 0.5) is 40.8 Å². The molecule has 4 aliphatic heterocycles. The molecular formula is C96H115BrCl4F4MgN20O19P4. The van der Waals surface area contributed by atoms with Gasteiger partial charge in [-0.2, -0.15) is 36.4 Å². The molecule has 149 heavy (non-hydrogen) atoms. The molecule has 20 rings (SSSR count). The van der Waals surface area contributed by atoms with E-state index < -0.39 is 144 Å². The van der Waals surface area contributed by atoms with Gasteiger partial charge in [-0.1, -0.05) is 188 Å². The summed E-state index contributed by atoms with van der Waals surface area (Å²) in [6.07, 6.45) is 1.17. The number of imidazole rings is 4. The molecule has 20 atom stereocenters. The van der Waals surface area contributed by atoms with Gasteiger partial charge in [-0.15, -0.1) is 0 Å². The van der Waals surface area contributed by atoms with Crippen LogP contribution in [0.25, 0.3) is 44.7 Å². The van der Waals surface area contributed by atoms with Gasteiger partial charge in [0.05, 0.1) is 50.7 Å². The van der Waals surface area contributed by atoms with Crippen LogP contribution < -0.4 is 38.2 Å². The standard InChI is InChI=1S/C25H28FN5O9P2.C24H30FN5O2.C22H26FN5O4.C18H24FN5O2.C6H5.CH2Cl4O2P2.BrH.Mg/c26-18-21(33)17(12-39-42(37,38)14-41(34,35)36)40-25(18)31-13-28-19-22(27-11-15-7-3-1-4-8-15)29-23(30-24(19)31)20(32)16-9-5-2-6-10-16;1-3-17-14(2)18(25)24(32-17)30-13-26-19-21(27-16-11-7-8-12-16)28-22(29-23(19)30)20(31)15-9-5-4-6-10-15;23-15-18(31)14(10-29)32-22(15)28-11-24-16-19(25-13-8-4-5-9-13)26-20(27-21(16)28)17(30)12-6-2-1-3-7-12;1-3-12-10(2)14(19)18(26-12)24-9-20-15-16(21-11-6-4-5-7-11)22-13(8-25)23-17(15)24;1-2-4-6-5-3-1;2-8(3,6)1-9(4,5)7;;/h1-10,13,17-18,20-21,25,32-33H,11-12,14H2,(H,37,38)(H,27,29,30)(H2,34,35,36);4-6,9-10,13-14,16-18,20,24,31H,3,7-8,11-12H2,1-2H3,(H,27,28,29);1-3,6-7,11,13-15,17-18,22,29-31H,4-5,8-10H2,(H,25,26,27);8-12,14,18H,3-7H2,1-2H3,(H,21,22,23);1-5H;1H2;1H;/q;;;;-1;;;+2/p-1/t17-,18+,20?,21-,25-;14-,17-,18+,20?,24-;14-,15+,17?,18-,22-;10-,12-,14+,18-;;;;/m1111..../s1. The number of nitrogens with one attached hydrogen (secondary N) is 4. The molecule has 7 fully saturated rings. The molecule has 4 unspecified atom stereocenters. The summed E-state index contributed by atoms with van der Waals surface area (Å²) in [6, 6.07) is 49.8. The van der Waals surface area contributed by atoms with Crippen molar-refractivity contribution in [3.8, 4) is 0 Å². The van der Waals surface area contributed by atoms with Crippen molar-refractivity contribution in [1.29, 1.82) is 0 Å². The van der Waals surface area contributed by atoms with Crippen LogP contribution in [0.5, 0.6) is 0 Å². The Morgan fingerprint density at radius 1 is 0.456 bits per heavy atom. The van der Waals surface area contributed by atoms with Gasteiger partial charge >= 0.3 is 38.2 Å². The summed E-state index contributed by atoms with van der Waals surface area (Å²) >= 11 is 20.0. The van der Waals surface area contributed by atoms with Crippen LogP contribution in [0.15, 0.2) is 177 Å². The number of anilines is 4. The molecule has 0 radical (unpaired) electrons. The van der Waals surface area contributed by atoms with Crippen LogP contribution in [0, 0.1) is 17.9 Å². The van der Waals surface area contributed by atoms with Crippen LogP contribution in [0.3, 0.4) is 0 Å². The monoisotopic (exact) mass is 2290 g/mol. The molecule has 5 aromatic carbocycles. The summed E-state index contributed by atoms with van der Waals surface area (Å²) in [5.41, 5.74) is 5.80. The molecular weight excluding hydrogens is 2180 g/mol. The molecule has 0 amide bonds. The van der Waals surface area contributed by atoms with Gasteiger partial charge in [0.2, 0.25) is 0 Å². The van der Waals surface area contributed by atoms with Crippen molar-refractivity contribution in [3.05, 3.63) is 229 Å². The number of aliphatic hydroxyl groups is 6. The fourth-order valence-corrected chi connectivity index (χ4v) is 29.9. The molecule has 13 aromatic rings. The van der Waals surface area contributed by atoms with Gasteiger partial charge in [0.15, 0.2) is 153 Å². The number of carbonyl (C=O) groups is 1. The fourth-order valence-electron chi connectivity index (χ4n) is 18.4. The van der Waals surface area contributed by atoms with E-state index in [0.717, 1.165) is 69.8 Å². The van der Waals surface area contributed by atoms with Gasteiger partial charge in [-0.25, -0.2) is 77.4 Å². The predicted octanol–water partition coefficient (Wildman–Crippen LogP) is 14.5. The topological polar surface area (TPSA) is 536 Å². The van der Waals surface area contributed by atoms with Crippen molar-refractivity contribution in [3.63, 3.8) is 0 Å². The molecule has 0 bridgehead atoms. The average molecular weight is 2300 g/mol. The van der Waals surface area contributed by atoms with Crippen LogP contribution in [-0.2, 0) is 48.3 Å². The number of aromatic nitrogens is 16. The number of alkyl halides is 4. The molecule has 39 nitrogen and oxygen atoms in total. The molecule has 798 valence electrons. The molecule has 7 aliphatic rings. The van der Waals surface area contributed by atoms with Crippen LogP contribution >= 0.6 is 71.8 Å². The largest absolute Gasteiger partial charge is 2.00 e. The number of ether oxygens (including phenoxy) is 4. The zero-order valence-corrected chi connectivity index (χ0v) is 90.7. The minimum absolute atomic E-state index is 0. The van der Waals surface area contributed by atoms with Crippen LogP contribution in [-0.4, -0.2) is 257 Å². The third-order valence-electron chi connectivity index (χ3n) is 26.1. The maximum atomic E-state index is 15.4. The Labute approximate surface area is 900 Å². The normalized spacial score (nSPS) is 24.5. The Balaban J connectivity index is 0.000000159. The first-order chi connectivity index (χ1) is 70.4. The maximum Gasteiger partial charge on any atom is 2.00 e. The number of aliphatic hydroxyl groups excluding tert-OH is 6. The van der Waals surface area contributed by atoms with E-state index in [4.69, 9.17) is 78.2 Å². The minimum Gasteiger partial charge on any atom is -1.00 e. The SMILES string of the molecule is CC[C@H]1O[C@@H](n2cnc3c(NC4CCCC4)nc(C(O)c4ccccc4)nc32)[C@@H](F)[C@@H]1C.CC[C@H]1O[C@@H](n2cnc3c(NC4CCCC4)nc(C=O)nc32)[C@@H](F)[C@@H]1C.O=P(Cl)(Cl)CP(=O)(Cl)Cl.O=P(O)(O)CP(=O)(O)OC[C@H]1O[C@@H](n2cnc3c(NCc4ccccc4)nc(C(O)c4ccccc4)nc32)[C@@H](F)[C@@H]1O.OC[C@H]1O[C@@H](n2cnc3c(NC4CCCC4)nc(C(O)c4ccccc4)nc32)[C@@H](F)[C@@H]1O.[Br-].[Mg+2].[c-]1ccccc1.